The number of amides is 1. The Labute approximate surface area is 128 Å². The molecule has 0 N–H and O–H groups in total. The van der Waals surface area contributed by atoms with Gasteiger partial charge in [0, 0.05) is 26.2 Å². The quantitative estimate of drug-likeness (QED) is 0.825. The highest BCUT2D eigenvalue weighted by Gasteiger charge is 2.23. The van der Waals surface area contributed by atoms with Crippen molar-refractivity contribution in [2.24, 2.45) is 0 Å². The summed E-state index contributed by atoms with van der Waals surface area (Å²) in [6.07, 6.45) is 0. The second-order valence-electron chi connectivity index (χ2n) is 5.32. The fourth-order valence-electron chi connectivity index (χ4n) is 2.58. The molecule has 2 aliphatic heterocycles. The third kappa shape index (κ3) is 3.60. The molecular formula is C14H21N3O3S. The summed E-state index contributed by atoms with van der Waals surface area (Å²) >= 11 is 1.53. The van der Waals surface area contributed by atoms with Crippen LogP contribution in [0.15, 0.2) is 0 Å². The first-order valence-electron chi connectivity index (χ1n) is 7.37. The van der Waals surface area contributed by atoms with E-state index in [9.17, 15) is 4.79 Å². The van der Waals surface area contributed by atoms with Crippen molar-refractivity contribution < 1.29 is 14.3 Å². The number of carbonyl (C=O) groups is 1. The third-order valence-electron chi connectivity index (χ3n) is 3.80. The number of hydrogen-bond donors (Lipinski definition) is 0. The zero-order valence-corrected chi connectivity index (χ0v) is 13.2. The molecule has 7 heteroatoms. The number of morpholine rings is 2. The molecule has 0 aromatic carbocycles. The summed E-state index contributed by atoms with van der Waals surface area (Å²) in [5.74, 6) is 0.0986. The summed E-state index contributed by atoms with van der Waals surface area (Å²) in [6.45, 7) is 8.78. The van der Waals surface area contributed by atoms with Gasteiger partial charge in [0.2, 0.25) is 0 Å². The van der Waals surface area contributed by atoms with Crippen LogP contribution in [-0.2, 0) is 16.0 Å². The van der Waals surface area contributed by atoms with Crippen LogP contribution < -0.4 is 0 Å². The average Bonchev–Trinajstić information content (AvgIpc) is 2.89. The van der Waals surface area contributed by atoms with Crippen LogP contribution in [0.5, 0.6) is 0 Å². The van der Waals surface area contributed by atoms with Crippen molar-refractivity contribution in [1.29, 1.82) is 0 Å². The number of carbonyl (C=O) groups excluding carboxylic acids is 1. The number of aromatic nitrogens is 1. The van der Waals surface area contributed by atoms with Crippen LogP contribution in [0, 0.1) is 6.92 Å². The van der Waals surface area contributed by atoms with E-state index in [0.717, 1.165) is 48.4 Å². The Balaban J connectivity index is 1.66. The third-order valence-corrected chi connectivity index (χ3v) is 4.93. The standard InChI is InChI=1S/C14H21N3O3S/c1-11-13(14(18)17-4-8-20-9-5-17)21-12(15-11)10-16-2-6-19-7-3-16/h2-10H2,1H3. The summed E-state index contributed by atoms with van der Waals surface area (Å²) in [4.78, 5) is 22.1. The lowest BCUT2D eigenvalue weighted by molar-refractivity contribution is 0.0305. The van der Waals surface area contributed by atoms with Crippen LogP contribution in [0.4, 0.5) is 0 Å². The molecule has 2 fully saturated rings. The Morgan fingerprint density at radius 3 is 2.43 bits per heavy atom. The smallest absolute Gasteiger partial charge is 0.266 e. The van der Waals surface area contributed by atoms with E-state index in [4.69, 9.17) is 9.47 Å². The Kier molecular flexibility index (Phi) is 4.84. The predicted molar refractivity (Wildman–Crippen MR) is 79.7 cm³/mol. The van der Waals surface area contributed by atoms with Crippen LogP contribution in [0.3, 0.4) is 0 Å². The Bertz CT molecular complexity index is 494. The number of aryl methyl sites for hydroxylation is 1. The largest absolute Gasteiger partial charge is 0.379 e. The second-order valence-corrected chi connectivity index (χ2v) is 6.40. The lowest BCUT2D eigenvalue weighted by Gasteiger charge is -2.26. The number of hydrogen-bond acceptors (Lipinski definition) is 6. The number of rotatable bonds is 3. The molecule has 1 aromatic heterocycles. The normalized spacial score (nSPS) is 20.7. The number of nitrogens with zero attached hydrogens (tertiary/aromatic N) is 3. The molecule has 1 aromatic rings. The summed E-state index contributed by atoms with van der Waals surface area (Å²) in [5, 5.41) is 1.02. The van der Waals surface area contributed by atoms with Gasteiger partial charge in [-0.05, 0) is 6.92 Å². The number of ether oxygens (including phenoxy) is 2. The highest BCUT2D eigenvalue weighted by molar-refractivity contribution is 7.13. The molecule has 0 bridgehead atoms. The van der Waals surface area contributed by atoms with E-state index in [2.05, 4.69) is 9.88 Å². The molecule has 0 saturated carbocycles. The molecule has 0 unspecified atom stereocenters. The van der Waals surface area contributed by atoms with E-state index in [1.54, 1.807) is 0 Å². The SMILES string of the molecule is Cc1nc(CN2CCOCC2)sc1C(=O)N1CCOCC1. The molecule has 3 rings (SSSR count). The average molecular weight is 311 g/mol. The minimum absolute atomic E-state index is 0.0986. The lowest BCUT2D eigenvalue weighted by Crippen LogP contribution is -2.40. The van der Waals surface area contributed by atoms with Gasteiger partial charge >= 0.3 is 0 Å². The van der Waals surface area contributed by atoms with Gasteiger partial charge in [0.25, 0.3) is 5.91 Å². The Hall–Kier alpha value is -1.02. The first kappa shape index (κ1) is 14.9. The van der Waals surface area contributed by atoms with Gasteiger partial charge < -0.3 is 14.4 Å². The maximum atomic E-state index is 12.5. The maximum Gasteiger partial charge on any atom is 0.266 e. The fraction of sp³-hybridized carbons (Fsp3) is 0.714. The Morgan fingerprint density at radius 2 is 1.76 bits per heavy atom. The highest BCUT2D eigenvalue weighted by Crippen LogP contribution is 2.22. The summed E-state index contributed by atoms with van der Waals surface area (Å²) < 4.78 is 10.6. The summed E-state index contributed by atoms with van der Waals surface area (Å²) in [5.41, 5.74) is 0.847. The number of thiazole rings is 1. The summed E-state index contributed by atoms with van der Waals surface area (Å²) in [7, 11) is 0. The molecule has 116 valence electrons. The van der Waals surface area contributed by atoms with Crippen molar-refractivity contribution >= 4 is 17.2 Å². The van der Waals surface area contributed by atoms with E-state index in [1.807, 2.05) is 11.8 Å². The topological polar surface area (TPSA) is 54.9 Å². The molecule has 1 amide bonds. The van der Waals surface area contributed by atoms with Gasteiger partial charge in [-0.2, -0.15) is 0 Å². The molecule has 3 heterocycles. The van der Waals surface area contributed by atoms with E-state index in [0.29, 0.717) is 26.3 Å². The van der Waals surface area contributed by atoms with E-state index in [-0.39, 0.29) is 5.91 Å². The van der Waals surface area contributed by atoms with Gasteiger partial charge in [0.05, 0.1) is 38.7 Å². The van der Waals surface area contributed by atoms with E-state index < -0.39 is 0 Å². The van der Waals surface area contributed by atoms with Crippen LogP contribution in [0.1, 0.15) is 20.4 Å². The van der Waals surface area contributed by atoms with Gasteiger partial charge in [-0.1, -0.05) is 0 Å². The lowest BCUT2D eigenvalue weighted by atomic mass is 10.3. The fourth-order valence-corrected chi connectivity index (χ4v) is 3.65. The summed E-state index contributed by atoms with van der Waals surface area (Å²) in [6, 6.07) is 0. The monoisotopic (exact) mass is 311 g/mol. The second kappa shape index (κ2) is 6.83. The molecule has 0 aliphatic carbocycles. The molecule has 0 atom stereocenters. The van der Waals surface area contributed by atoms with Crippen molar-refractivity contribution in [2.45, 2.75) is 13.5 Å². The highest BCUT2D eigenvalue weighted by atomic mass is 32.1. The van der Waals surface area contributed by atoms with Crippen LogP contribution in [0.2, 0.25) is 0 Å². The minimum Gasteiger partial charge on any atom is -0.379 e. The maximum absolute atomic E-state index is 12.5. The van der Waals surface area contributed by atoms with Gasteiger partial charge in [-0.25, -0.2) is 4.98 Å². The van der Waals surface area contributed by atoms with E-state index in [1.165, 1.54) is 11.3 Å². The van der Waals surface area contributed by atoms with Gasteiger partial charge in [0.15, 0.2) is 0 Å². The van der Waals surface area contributed by atoms with Crippen molar-refractivity contribution in [2.75, 3.05) is 52.6 Å². The van der Waals surface area contributed by atoms with Crippen molar-refractivity contribution in [3.63, 3.8) is 0 Å². The van der Waals surface area contributed by atoms with Crippen molar-refractivity contribution in [3.8, 4) is 0 Å². The first-order chi connectivity index (χ1) is 10.2. The predicted octanol–water partition coefficient (Wildman–Crippen LogP) is 0.756. The zero-order chi connectivity index (χ0) is 14.7. The minimum atomic E-state index is 0.0986. The first-order valence-corrected chi connectivity index (χ1v) is 8.19. The molecule has 2 aliphatic rings. The van der Waals surface area contributed by atoms with Gasteiger partial charge in [-0.15, -0.1) is 11.3 Å². The molecular weight excluding hydrogens is 290 g/mol. The molecule has 2 saturated heterocycles. The molecule has 0 spiro atoms. The molecule has 0 radical (unpaired) electrons. The van der Waals surface area contributed by atoms with Crippen molar-refractivity contribution in [1.82, 2.24) is 14.8 Å². The van der Waals surface area contributed by atoms with Crippen molar-refractivity contribution in [3.05, 3.63) is 15.6 Å². The van der Waals surface area contributed by atoms with Crippen LogP contribution in [0.25, 0.3) is 0 Å². The van der Waals surface area contributed by atoms with E-state index >= 15 is 0 Å². The molecule has 6 nitrogen and oxygen atoms in total. The van der Waals surface area contributed by atoms with Gasteiger partial charge in [-0.3, -0.25) is 9.69 Å². The zero-order valence-electron chi connectivity index (χ0n) is 12.3. The van der Waals surface area contributed by atoms with Crippen LogP contribution >= 0.6 is 11.3 Å². The molecule has 21 heavy (non-hydrogen) atoms. The van der Waals surface area contributed by atoms with Crippen LogP contribution in [-0.4, -0.2) is 73.3 Å². The Morgan fingerprint density at radius 1 is 1.14 bits per heavy atom. The van der Waals surface area contributed by atoms with Gasteiger partial charge in [0.1, 0.15) is 9.88 Å².